The molecule has 3 heterocycles. The van der Waals surface area contributed by atoms with Crippen LogP contribution in [0.25, 0.3) is 28.0 Å². The van der Waals surface area contributed by atoms with Crippen LogP contribution in [0.4, 0.5) is 5.69 Å². The van der Waals surface area contributed by atoms with Gasteiger partial charge in [-0.05, 0) is 57.1 Å². The van der Waals surface area contributed by atoms with Crippen molar-refractivity contribution in [2.75, 3.05) is 44.7 Å². The predicted molar refractivity (Wildman–Crippen MR) is 142 cm³/mol. The number of anilines is 1. The van der Waals surface area contributed by atoms with Gasteiger partial charge in [0.15, 0.2) is 5.82 Å². The van der Waals surface area contributed by atoms with Crippen LogP contribution in [0.3, 0.4) is 0 Å². The summed E-state index contributed by atoms with van der Waals surface area (Å²) in [6, 6.07) is 11.7. The van der Waals surface area contributed by atoms with E-state index in [4.69, 9.17) is 0 Å². The van der Waals surface area contributed by atoms with E-state index in [0.717, 1.165) is 67.0 Å². The topological polar surface area (TPSA) is 115 Å². The first kappa shape index (κ1) is 23.5. The normalized spacial score (nSPS) is 16.8. The Morgan fingerprint density at radius 2 is 1.81 bits per heavy atom. The first-order valence-corrected chi connectivity index (χ1v) is 13.0. The summed E-state index contributed by atoms with van der Waals surface area (Å²) in [5.41, 5.74) is 4.22. The zero-order valence-corrected chi connectivity index (χ0v) is 21.2. The van der Waals surface area contributed by atoms with Gasteiger partial charge in [-0.15, -0.1) is 10.2 Å². The third-order valence-corrected chi connectivity index (χ3v) is 7.62. The first-order valence-electron chi connectivity index (χ1n) is 13.0. The minimum absolute atomic E-state index is 0.0569. The van der Waals surface area contributed by atoms with Gasteiger partial charge >= 0.3 is 0 Å². The highest BCUT2D eigenvalue weighted by Crippen LogP contribution is 2.41. The Hall–Kier alpha value is -3.92. The molecule has 0 bridgehead atoms. The highest BCUT2D eigenvalue weighted by molar-refractivity contribution is 5.93. The number of carbonyl (C=O) groups is 1. The molecule has 0 spiro atoms. The van der Waals surface area contributed by atoms with Gasteiger partial charge in [-0.1, -0.05) is 6.42 Å². The number of likely N-dealkylation sites (N-methyl/N-ethyl adjacent to an activating group) is 1. The summed E-state index contributed by atoms with van der Waals surface area (Å²) in [6.07, 6.45) is 3.44. The van der Waals surface area contributed by atoms with Crippen LogP contribution < -0.4 is 10.2 Å². The van der Waals surface area contributed by atoms with E-state index in [-0.39, 0.29) is 17.5 Å². The van der Waals surface area contributed by atoms with Gasteiger partial charge in [0.1, 0.15) is 5.75 Å². The molecule has 0 atom stereocenters. The van der Waals surface area contributed by atoms with E-state index in [1.54, 1.807) is 10.6 Å². The average molecular weight is 501 g/mol. The minimum Gasteiger partial charge on any atom is -0.507 e. The van der Waals surface area contributed by atoms with Crippen molar-refractivity contribution < 1.29 is 9.90 Å². The molecule has 3 N–H and O–H groups in total. The Balaban J connectivity index is 1.43. The van der Waals surface area contributed by atoms with Crippen LogP contribution in [0.5, 0.6) is 5.75 Å². The molecule has 1 saturated heterocycles. The van der Waals surface area contributed by atoms with Crippen LogP contribution in [0.15, 0.2) is 36.4 Å². The largest absolute Gasteiger partial charge is 0.507 e. The molecule has 0 radical (unpaired) electrons. The van der Waals surface area contributed by atoms with Gasteiger partial charge in [0.05, 0.1) is 16.8 Å². The zero-order valence-electron chi connectivity index (χ0n) is 21.2. The Bertz CT molecular complexity index is 1430. The molecule has 1 saturated carbocycles. The van der Waals surface area contributed by atoms with E-state index < -0.39 is 0 Å². The van der Waals surface area contributed by atoms with Crippen LogP contribution >= 0.6 is 0 Å². The SMILES string of the molecule is CCNC(=O)c1nnc(-c2cc3c(C4CCC4)n[nH]c3cc2O)n1-c1ccc(N2CCN(C)CC2)cc1. The molecule has 2 aromatic heterocycles. The van der Waals surface area contributed by atoms with Gasteiger partial charge in [0.2, 0.25) is 5.82 Å². The second-order valence-corrected chi connectivity index (χ2v) is 10.0. The van der Waals surface area contributed by atoms with Crippen molar-refractivity contribution in [3.63, 3.8) is 0 Å². The van der Waals surface area contributed by atoms with Gasteiger partial charge in [-0.2, -0.15) is 5.10 Å². The maximum absolute atomic E-state index is 12.9. The molecule has 2 aromatic carbocycles. The van der Waals surface area contributed by atoms with Crippen LogP contribution in [-0.4, -0.2) is 80.6 Å². The number of rotatable bonds is 6. The highest BCUT2D eigenvalue weighted by atomic mass is 16.3. The van der Waals surface area contributed by atoms with Crippen molar-refractivity contribution in [3.05, 3.63) is 47.9 Å². The van der Waals surface area contributed by atoms with Crippen molar-refractivity contribution in [2.24, 2.45) is 0 Å². The van der Waals surface area contributed by atoms with Crippen molar-refractivity contribution >= 4 is 22.5 Å². The number of aromatic hydroxyl groups is 1. The molecule has 0 unspecified atom stereocenters. The van der Waals surface area contributed by atoms with Crippen LogP contribution in [0.1, 0.15) is 48.4 Å². The van der Waals surface area contributed by atoms with Crippen molar-refractivity contribution in [1.29, 1.82) is 0 Å². The fraction of sp³-hybridized carbons (Fsp3) is 0.407. The Morgan fingerprint density at radius 3 is 2.49 bits per heavy atom. The summed E-state index contributed by atoms with van der Waals surface area (Å²) in [7, 11) is 2.14. The maximum Gasteiger partial charge on any atom is 0.289 e. The van der Waals surface area contributed by atoms with E-state index in [1.807, 2.05) is 25.1 Å². The highest BCUT2D eigenvalue weighted by Gasteiger charge is 2.27. The van der Waals surface area contributed by atoms with Crippen LogP contribution in [0.2, 0.25) is 0 Å². The van der Waals surface area contributed by atoms with Gasteiger partial charge < -0.3 is 20.2 Å². The van der Waals surface area contributed by atoms with Crippen molar-refractivity contribution in [2.45, 2.75) is 32.1 Å². The molecule has 1 aliphatic carbocycles. The Labute approximate surface area is 215 Å². The molecule has 1 amide bonds. The van der Waals surface area contributed by atoms with Gasteiger partial charge in [0, 0.05) is 61.5 Å². The lowest BCUT2D eigenvalue weighted by atomic mass is 9.82. The van der Waals surface area contributed by atoms with E-state index in [1.165, 1.54) is 6.42 Å². The lowest BCUT2D eigenvalue weighted by Gasteiger charge is -2.34. The van der Waals surface area contributed by atoms with E-state index in [2.05, 4.69) is 54.7 Å². The van der Waals surface area contributed by atoms with Crippen LogP contribution in [0, 0.1) is 0 Å². The van der Waals surface area contributed by atoms with E-state index in [0.29, 0.717) is 23.9 Å². The van der Waals surface area contributed by atoms with Gasteiger partial charge in [-0.3, -0.25) is 14.5 Å². The number of phenolic OH excluding ortho intramolecular Hbond substituents is 1. The monoisotopic (exact) mass is 500 g/mol. The number of nitrogens with one attached hydrogen (secondary N) is 2. The standard InChI is InChI=1S/C27H32N8O2/c1-3-28-27(37)26-32-31-25(21-15-20-22(16-23(21)36)29-30-24(20)17-5-4-6-17)35(26)19-9-7-18(8-10-19)34-13-11-33(2)12-14-34/h7-10,15-17,36H,3-6,11-14H2,1-2H3,(H,28,37)(H,29,30). The third kappa shape index (κ3) is 4.21. The number of amides is 1. The molecule has 6 rings (SSSR count). The maximum atomic E-state index is 12.9. The number of hydrogen-bond acceptors (Lipinski definition) is 7. The minimum atomic E-state index is -0.316. The summed E-state index contributed by atoms with van der Waals surface area (Å²) in [4.78, 5) is 17.6. The number of carbonyl (C=O) groups excluding carboxylic acids is 1. The van der Waals surface area contributed by atoms with Crippen molar-refractivity contribution in [3.8, 4) is 22.8 Å². The second-order valence-electron chi connectivity index (χ2n) is 10.0. The summed E-state index contributed by atoms with van der Waals surface area (Å²) < 4.78 is 1.72. The number of benzene rings is 2. The number of hydrogen-bond donors (Lipinski definition) is 3. The molecular weight excluding hydrogens is 468 g/mol. The number of H-pyrrole nitrogens is 1. The summed E-state index contributed by atoms with van der Waals surface area (Å²) in [5.74, 6) is 0.755. The third-order valence-electron chi connectivity index (χ3n) is 7.62. The fourth-order valence-corrected chi connectivity index (χ4v) is 5.21. The van der Waals surface area contributed by atoms with Gasteiger partial charge in [0.25, 0.3) is 5.91 Å². The summed E-state index contributed by atoms with van der Waals surface area (Å²) >= 11 is 0. The quantitative estimate of drug-likeness (QED) is 0.372. The summed E-state index contributed by atoms with van der Waals surface area (Å²) in [6.45, 7) is 6.33. The summed E-state index contributed by atoms with van der Waals surface area (Å²) in [5, 5.41) is 31.0. The molecule has 1 aliphatic heterocycles. The fourth-order valence-electron chi connectivity index (χ4n) is 5.21. The lowest BCUT2D eigenvalue weighted by molar-refractivity contribution is 0.0943. The molecule has 2 aliphatic rings. The molecule has 192 valence electrons. The number of piperazine rings is 1. The van der Waals surface area contributed by atoms with Gasteiger partial charge in [-0.25, -0.2) is 0 Å². The lowest BCUT2D eigenvalue weighted by Crippen LogP contribution is -2.44. The number of nitrogens with zero attached hydrogens (tertiary/aromatic N) is 6. The predicted octanol–water partition coefficient (Wildman–Crippen LogP) is 3.29. The zero-order chi connectivity index (χ0) is 25.5. The molecule has 37 heavy (non-hydrogen) atoms. The Morgan fingerprint density at radius 1 is 1.08 bits per heavy atom. The number of aromatic nitrogens is 5. The van der Waals surface area contributed by atoms with E-state index >= 15 is 0 Å². The number of phenols is 1. The molecule has 4 aromatic rings. The second kappa shape index (κ2) is 9.51. The molecule has 2 fully saturated rings. The van der Waals surface area contributed by atoms with E-state index in [9.17, 15) is 9.90 Å². The first-order chi connectivity index (χ1) is 18.0. The smallest absolute Gasteiger partial charge is 0.289 e. The Kier molecular flexibility index (Phi) is 6.03. The number of aromatic amines is 1. The number of fused-ring (bicyclic) bond motifs is 1. The van der Waals surface area contributed by atoms with Crippen LogP contribution in [-0.2, 0) is 0 Å². The average Bonchev–Trinajstić information content (AvgIpc) is 3.48. The van der Waals surface area contributed by atoms with Crippen molar-refractivity contribution in [1.82, 2.24) is 35.2 Å². The molecular formula is C27H32N8O2. The molecule has 10 nitrogen and oxygen atoms in total. The molecule has 10 heteroatoms.